The minimum absolute atomic E-state index is 0.133. The second-order valence-corrected chi connectivity index (χ2v) is 5.63. The van der Waals surface area contributed by atoms with E-state index < -0.39 is 0 Å². The first-order valence-electron chi connectivity index (χ1n) is 6.67. The number of hydrogen-bond acceptors (Lipinski definition) is 3. The zero-order valence-electron chi connectivity index (χ0n) is 12.0. The molecule has 1 N–H and O–H groups in total. The highest BCUT2D eigenvalue weighted by atomic mass is 32.2. The second-order valence-electron chi connectivity index (χ2n) is 4.61. The molecule has 0 saturated heterocycles. The van der Waals surface area contributed by atoms with Gasteiger partial charge in [-0.1, -0.05) is 17.7 Å². The molecule has 4 heteroatoms. The number of aliphatic hydroxyl groups excluding tert-OH is 1. The molecule has 19 heavy (non-hydrogen) atoms. The van der Waals surface area contributed by atoms with Gasteiger partial charge in [-0.05, 0) is 38.8 Å². The summed E-state index contributed by atoms with van der Waals surface area (Å²) in [5.74, 6) is 0.602. The zero-order chi connectivity index (χ0) is 14.3. The summed E-state index contributed by atoms with van der Waals surface area (Å²) in [6, 6.07) is 6.30. The molecule has 0 unspecified atom stereocenters. The lowest BCUT2D eigenvalue weighted by atomic mass is 10.2. The average Bonchev–Trinajstić information content (AvgIpc) is 2.40. The Morgan fingerprint density at radius 3 is 2.74 bits per heavy atom. The molecule has 106 valence electrons. The molecule has 0 heterocycles. The summed E-state index contributed by atoms with van der Waals surface area (Å²) in [7, 11) is 0. The fourth-order valence-electron chi connectivity index (χ4n) is 1.81. The third-order valence-corrected chi connectivity index (χ3v) is 4.16. The van der Waals surface area contributed by atoms with Crippen LogP contribution in [0.1, 0.15) is 24.5 Å². The van der Waals surface area contributed by atoms with Crippen LogP contribution in [-0.2, 0) is 4.79 Å². The van der Waals surface area contributed by atoms with Crippen LogP contribution in [0.4, 0.5) is 0 Å². The molecule has 1 rings (SSSR count). The highest BCUT2D eigenvalue weighted by molar-refractivity contribution is 8.00. The Kier molecular flexibility index (Phi) is 6.95. The van der Waals surface area contributed by atoms with Crippen LogP contribution in [0.2, 0.25) is 0 Å². The van der Waals surface area contributed by atoms with Gasteiger partial charge >= 0.3 is 0 Å². The molecule has 1 amide bonds. The van der Waals surface area contributed by atoms with E-state index in [4.69, 9.17) is 5.11 Å². The fraction of sp³-hybridized carbons (Fsp3) is 0.533. The highest BCUT2D eigenvalue weighted by Gasteiger charge is 2.12. The van der Waals surface area contributed by atoms with E-state index in [0.29, 0.717) is 25.3 Å². The molecular formula is C15H23NO2S. The van der Waals surface area contributed by atoms with Gasteiger partial charge in [0.15, 0.2) is 0 Å². The van der Waals surface area contributed by atoms with Crippen LogP contribution in [0.25, 0.3) is 0 Å². The SMILES string of the molecule is CCN(CCCO)C(=O)CSc1cc(C)ccc1C. The summed E-state index contributed by atoms with van der Waals surface area (Å²) in [5, 5.41) is 8.82. The van der Waals surface area contributed by atoms with Crippen molar-refractivity contribution < 1.29 is 9.90 Å². The highest BCUT2D eigenvalue weighted by Crippen LogP contribution is 2.23. The van der Waals surface area contributed by atoms with Crippen molar-refractivity contribution in [2.24, 2.45) is 0 Å². The van der Waals surface area contributed by atoms with Crippen LogP contribution in [0, 0.1) is 13.8 Å². The molecule has 0 spiro atoms. The number of amides is 1. The molecule has 0 aliphatic rings. The molecule has 1 aromatic rings. The molecule has 1 aromatic carbocycles. The smallest absolute Gasteiger partial charge is 0.232 e. The monoisotopic (exact) mass is 281 g/mol. The number of benzene rings is 1. The Morgan fingerprint density at radius 2 is 2.11 bits per heavy atom. The molecule has 0 radical (unpaired) electrons. The van der Waals surface area contributed by atoms with Crippen molar-refractivity contribution in [3.63, 3.8) is 0 Å². The summed E-state index contributed by atoms with van der Waals surface area (Å²) >= 11 is 1.59. The minimum Gasteiger partial charge on any atom is -0.396 e. The van der Waals surface area contributed by atoms with Crippen molar-refractivity contribution in [3.8, 4) is 0 Å². The molecule has 0 fully saturated rings. The summed E-state index contributed by atoms with van der Waals surface area (Å²) in [6.07, 6.45) is 0.647. The quantitative estimate of drug-likeness (QED) is 0.781. The van der Waals surface area contributed by atoms with Gasteiger partial charge in [0.25, 0.3) is 0 Å². The molecule has 0 aliphatic heterocycles. The van der Waals surface area contributed by atoms with E-state index >= 15 is 0 Å². The predicted molar refractivity (Wildman–Crippen MR) is 80.6 cm³/mol. The number of thioether (sulfide) groups is 1. The van der Waals surface area contributed by atoms with Gasteiger partial charge in [-0.2, -0.15) is 0 Å². The van der Waals surface area contributed by atoms with Crippen LogP contribution in [0.5, 0.6) is 0 Å². The maximum absolute atomic E-state index is 12.1. The van der Waals surface area contributed by atoms with E-state index in [0.717, 1.165) is 0 Å². The Labute approximate surface area is 120 Å². The number of carbonyl (C=O) groups excluding carboxylic acids is 1. The normalized spacial score (nSPS) is 10.5. The molecule has 0 saturated carbocycles. The van der Waals surface area contributed by atoms with Crippen LogP contribution >= 0.6 is 11.8 Å². The second kappa shape index (κ2) is 8.23. The third-order valence-electron chi connectivity index (χ3n) is 3.02. The third kappa shape index (κ3) is 5.25. The molecule has 0 aromatic heterocycles. The van der Waals surface area contributed by atoms with Crippen LogP contribution in [0.3, 0.4) is 0 Å². The van der Waals surface area contributed by atoms with Gasteiger partial charge < -0.3 is 10.0 Å². The van der Waals surface area contributed by atoms with Crippen molar-refractivity contribution in [2.75, 3.05) is 25.4 Å². The van der Waals surface area contributed by atoms with Gasteiger partial charge in [-0.15, -0.1) is 11.8 Å². The Balaban J connectivity index is 2.55. The predicted octanol–water partition coefficient (Wildman–Crippen LogP) is 2.63. The Bertz CT molecular complexity index is 421. The van der Waals surface area contributed by atoms with Gasteiger partial charge in [0.05, 0.1) is 5.75 Å². The van der Waals surface area contributed by atoms with Crippen molar-refractivity contribution in [3.05, 3.63) is 29.3 Å². The number of aliphatic hydroxyl groups is 1. The molecule has 0 bridgehead atoms. The van der Waals surface area contributed by atoms with Crippen molar-refractivity contribution >= 4 is 17.7 Å². The number of aryl methyl sites for hydroxylation is 2. The van der Waals surface area contributed by atoms with Gasteiger partial charge in [0.2, 0.25) is 5.91 Å². The zero-order valence-corrected chi connectivity index (χ0v) is 12.8. The van der Waals surface area contributed by atoms with E-state index in [1.165, 1.54) is 16.0 Å². The number of hydrogen-bond donors (Lipinski definition) is 1. The summed E-state index contributed by atoms with van der Waals surface area (Å²) < 4.78 is 0. The van der Waals surface area contributed by atoms with Gasteiger partial charge in [-0.3, -0.25) is 4.79 Å². The molecule has 3 nitrogen and oxygen atoms in total. The van der Waals surface area contributed by atoms with Crippen molar-refractivity contribution in [1.82, 2.24) is 4.90 Å². The first-order chi connectivity index (χ1) is 9.08. The minimum atomic E-state index is 0.133. The van der Waals surface area contributed by atoms with Crippen LogP contribution in [-0.4, -0.2) is 41.4 Å². The van der Waals surface area contributed by atoms with Gasteiger partial charge in [0, 0.05) is 24.6 Å². The average molecular weight is 281 g/mol. The first kappa shape index (κ1) is 16.1. The number of carbonyl (C=O) groups is 1. The van der Waals surface area contributed by atoms with E-state index in [-0.39, 0.29) is 12.5 Å². The lowest BCUT2D eigenvalue weighted by molar-refractivity contribution is -0.128. The van der Waals surface area contributed by atoms with Crippen molar-refractivity contribution in [1.29, 1.82) is 0 Å². The van der Waals surface area contributed by atoms with Crippen LogP contribution in [0.15, 0.2) is 23.1 Å². The number of rotatable bonds is 7. The first-order valence-corrected chi connectivity index (χ1v) is 7.65. The van der Waals surface area contributed by atoms with E-state index in [9.17, 15) is 4.79 Å². The summed E-state index contributed by atoms with van der Waals surface area (Å²) in [6.45, 7) is 7.57. The Morgan fingerprint density at radius 1 is 1.37 bits per heavy atom. The largest absolute Gasteiger partial charge is 0.396 e. The van der Waals surface area contributed by atoms with E-state index in [2.05, 4.69) is 32.0 Å². The standard InChI is InChI=1S/C15H23NO2S/c1-4-16(8-5-9-17)15(18)11-19-14-10-12(2)6-7-13(14)3/h6-7,10,17H,4-5,8-9,11H2,1-3H3. The van der Waals surface area contributed by atoms with Gasteiger partial charge in [0.1, 0.15) is 0 Å². The topological polar surface area (TPSA) is 40.5 Å². The Hall–Kier alpha value is -1.00. The van der Waals surface area contributed by atoms with E-state index in [1.54, 1.807) is 16.7 Å². The fourth-order valence-corrected chi connectivity index (χ4v) is 2.84. The molecular weight excluding hydrogens is 258 g/mol. The maximum atomic E-state index is 12.1. The molecule has 0 atom stereocenters. The van der Waals surface area contributed by atoms with Crippen molar-refractivity contribution in [2.45, 2.75) is 32.1 Å². The summed E-state index contributed by atoms with van der Waals surface area (Å²) in [5.41, 5.74) is 2.43. The number of nitrogens with zero attached hydrogens (tertiary/aromatic N) is 1. The lowest BCUT2D eigenvalue weighted by Gasteiger charge is -2.20. The van der Waals surface area contributed by atoms with Crippen LogP contribution < -0.4 is 0 Å². The van der Waals surface area contributed by atoms with E-state index in [1.807, 2.05) is 6.92 Å². The summed E-state index contributed by atoms with van der Waals surface area (Å²) in [4.78, 5) is 15.0. The maximum Gasteiger partial charge on any atom is 0.232 e. The van der Waals surface area contributed by atoms with Gasteiger partial charge in [-0.25, -0.2) is 0 Å². The lowest BCUT2D eigenvalue weighted by Crippen LogP contribution is -2.33. The molecule has 0 aliphatic carbocycles.